The lowest BCUT2D eigenvalue weighted by atomic mass is 10.0. The molecule has 2 atom stereocenters. The van der Waals surface area contributed by atoms with Gasteiger partial charge < -0.3 is 15.4 Å². The molecular weight excluding hydrogens is 420 g/mol. The molecule has 1 amide bonds. The second-order valence-corrected chi connectivity index (χ2v) is 10.3. The van der Waals surface area contributed by atoms with Gasteiger partial charge in [0.05, 0.1) is 17.6 Å². The number of ether oxygens (including phenoxy) is 1. The first-order chi connectivity index (χ1) is 14.8. The molecule has 0 spiro atoms. The van der Waals surface area contributed by atoms with Gasteiger partial charge in [-0.2, -0.15) is 5.10 Å². The molecule has 4 rings (SSSR count). The summed E-state index contributed by atoms with van der Waals surface area (Å²) in [5.41, 5.74) is 1.56. The van der Waals surface area contributed by atoms with E-state index in [0.29, 0.717) is 30.3 Å². The Kier molecular flexibility index (Phi) is 6.03. The SMILES string of the molecule is CC(C)NC(=O)O[C@@H]1CC[C@H](c2cc(Nc3ccc(N4CCCS4(=O)=O)cn3)n[nH]2)C1. The van der Waals surface area contributed by atoms with Gasteiger partial charge in [-0.15, -0.1) is 0 Å². The van der Waals surface area contributed by atoms with Crippen molar-refractivity contribution >= 4 is 33.4 Å². The van der Waals surface area contributed by atoms with E-state index in [9.17, 15) is 13.2 Å². The highest BCUT2D eigenvalue weighted by Crippen LogP contribution is 2.36. The van der Waals surface area contributed by atoms with Gasteiger partial charge in [0.15, 0.2) is 5.82 Å². The highest BCUT2D eigenvalue weighted by molar-refractivity contribution is 7.93. The normalized spacial score (nSPS) is 22.6. The number of hydrogen-bond donors (Lipinski definition) is 3. The van der Waals surface area contributed by atoms with E-state index >= 15 is 0 Å². The first kappa shape index (κ1) is 21.4. The molecule has 168 valence electrons. The largest absolute Gasteiger partial charge is 0.446 e. The van der Waals surface area contributed by atoms with Crippen molar-refractivity contribution in [2.24, 2.45) is 0 Å². The van der Waals surface area contributed by atoms with Gasteiger partial charge in [0.2, 0.25) is 10.0 Å². The number of nitrogens with zero attached hydrogens (tertiary/aromatic N) is 3. The monoisotopic (exact) mass is 448 g/mol. The molecule has 1 saturated carbocycles. The number of carbonyl (C=O) groups excluding carboxylic acids is 1. The van der Waals surface area contributed by atoms with Crippen LogP contribution in [0, 0.1) is 0 Å². The number of aromatic nitrogens is 3. The van der Waals surface area contributed by atoms with Gasteiger partial charge in [-0.25, -0.2) is 18.2 Å². The van der Waals surface area contributed by atoms with Crippen molar-refractivity contribution in [2.45, 2.75) is 57.6 Å². The number of hydrogen-bond acceptors (Lipinski definition) is 7. The summed E-state index contributed by atoms with van der Waals surface area (Å²) >= 11 is 0. The summed E-state index contributed by atoms with van der Waals surface area (Å²) in [5, 5.41) is 13.2. The maximum Gasteiger partial charge on any atom is 0.407 e. The predicted molar refractivity (Wildman–Crippen MR) is 117 cm³/mol. The lowest BCUT2D eigenvalue weighted by Gasteiger charge is -2.16. The van der Waals surface area contributed by atoms with E-state index in [-0.39, 0.29) is 29.9 Å². The summed E-state index contributed by atoms with van der Waals surface area (Å²) in [7, 11) is -3.22. The number of rotatable bonds is 6. The zero-order valence-electron chi connectivity index (χ0n) is 17.7. The van der Waals surface area contributed by atoms with Gasteiger partial charge in [-0.3, -0.25) is 9.40 Å². The van der Waals surface area contributed by atoms with Crippen molar-refractivity contribution in [2.75, 3.05) is 21.9 Å². The lowest BCUT2D eigenvalue weighted by molar-refractivity contribution is 0.0981. The zero-order chi connectivity index (χ0) is 22.0. The number of nitrogens with one attached hydrogen (secondary N) is 3. The molecule has 2 aliphatic rings. The lowest BCUT2D eigenvalue weighted by Crippen LogP contribution is -2.33. The van der Waals surface area contributed by atoms with Crippen LogP contribution >= 0.6 is 0 Å². The summed E-state index contributed by atoms with van der Waals surface area (Å²) in [6.45, 7) is 4.29. The Balaban J connectivity index is 1.33. The number of carbonyl (C=O) groups is 1. The Hall–Kier alpha value is -2.82. The number of anilines is 3. The molecule has 1 saturated heterocycles. The van der Waals surface area contributed by atoms with Gasteiger partial charge in [-0.05, 0) is 51.7 Å². The van der Waals surface area contributed by atoms with Gasteiger partial charge >= 0.3 is 6.09 Å². The first-order valence-corrected chi connectivity index (χ1v) is 12.2. The fraction of sp³-hybridized carbons (Fsp3) is 0.550. The van der Waals surface area contributed by atoms with Gasteiger partial charge in [0.25, 0.3) is 0 Å². The second-order valence-electron chi connectivity index (χ2n) is 8.31. The van der Waals surface area contributed by atoms with Crippen LogP contribution in [0.1, 0.15) is 51.1 Å². The quantitative estimate of drug-likeness (QED) is 0.619. The maximum atomic E-state index is 12.0. The standard InChI is InChI=1S/C20H28N6O4S/c1-13(2)22-20(27)30-16-6-4-14(10-16)17-11-19(25-24-17)23-18-7-5-15(12-21-18)26-8-3-9-31(26,28)29/h5,7,11-14,16H,3-4,6,8-10H2,1-2H3,(H,22,27)(H2,21,23,24,25)/t14-,16+/m0/s1. The fourth-order valence-electron chi connectivity index (χ4n) is 4.03. The summed E-state index contributed by atoms with van der Waals surface area (Å²) in [5.74, 6) is 1.64. The Bertz CT molecular complexity index is 1020. The van der Waals surface area contributed by atoms with Crippen LogP contribution < -0.4 is 14.9 Å². The van der Waals surface area contributed by atoms with E-state index < -0.39 is 10.0 Å². The average Bonchev–Trinajstić information content (AvgIpc) is 3.42. The van der Waals surface area contributed by atoms with Crippen LogP contribution in [0.4, 0.5) is 22.1 Å². The molecule has 10 nitrogen and oxygen atoms in total. The highest BCUT2D eigenvalue weighted by atomic mass is 32.2. The minimum absolute atomic E-state index is 0.0494. The van der Waals surface area contributed by atoms with Gasteiger partial charge in [-0.1, -0.05) is 0 Å². The molecule has 0 aromatic carbocycles. The molecular formula is C20H28N6O4S. The van der Waals surface area contributed by atoms with E-state index in [2.05, 4.69) is 25.8 Å². The molecule has 3 N–H and O–H groups in total. The Morgan fingerprint density at radius 3 is 2.81 bits per heavy atom. The van der Waals surface area contributed by atoms with Crippen molar-refractivity contribution in [1.82, 2.24) is 20.5 Å². The molecule has 2 aromatic heterocycles. The van der Waals surface area contributed by atoms with E-state index in [4.69, 9.17) is 4.74 Å². The van der Waals surface area contributed by atoms with Crippen LogP contribution in [0.15, 0.2) is 24.4 Å². The van der Waals surface area contributed by atoms with Crippen molar-refractivity contribution in [3.8, 4) is 0 Å². The Morgan fingerprint density at radius 2 is 2.13 bits per heavy atom. The molecule has 0 bridgehead atoms. The predicted octanol–water partition coefficient (Wildman–Crippen LogP) is 2.86. The van der Waals surface area contributed by atoms with Crippen LogP contribution in [-0.4, -0.2) is 54.1 Å². The van der Waals surface area contributed by atoms with Crippen LogP contribution in [0.3, 0.4) is 0 Å². The summed E-state index contributed by atoms with van der Waals surface area (Å²) in [6, 6.07) is 5.47. The van der Waals surface area contributed by atoms with E-state index in [0.717, 1.165) is 25.0 Å². The molecule has 1 aliphatic carbocycles. The van der Waals surface area contributed by atoms with E-state index in [1.807, 2.05) is 19.9 Å². The van der Waals surface area contributed by atoms with Crippen molar-refractivity contribution in [3.05, 3.63) is 30.1 Å². The second kappa shape index (κ2) is 8.74. The average molecular weight is 449 g/mol. The minimum Gasteiger partial charge on any atom is -0.446 e. The van der Waals surface area contributed by atoms with E-state index in [1.54, 1.807) is 18.3 Å². The Morgan fingerprint density at radius 1 is 1.29 bits per heavy atom. The summed E-state index contributed by atoms with van der Waals surface area (Å²) < 4.78 is 31.0. The topological polar surface area (TPSA) is 129 Å². The molecule has 3 heterocycles. The van der Waals surface area contributed by atoms with Crippen LogP contribution in [0.2, 0.25) is 0 Å². The van der Waals surface area contributed by atoms with Crippen molar-refractivity contribution in [3.63, 3.8) is 0 Å². The third kappa shape index (κ3) is 5.09. The summed E-state index contributed by atoms with van der Waals surface area (Å²) in [4.78, 5) is 16.1. The van der Waals surface area contributed by atoms with Crippen molar-refractivity contribution < 1.29 is 17.9 Å². The third-order valence-corrected chi connectivity index (χ3v) is 7.36. The molecule has 31 heavy (non-hydrogen) atoms. The van der Waals surface area contributed by atoms with Crippen LogP contribution in [0.5, 0.6) is 0 Å². The number of pyridine rings is 1. The first-order valence-electron chi connectivity index (χ1n) is 10.6. The van der Waals surface area contributed by atoms with Crippen molar-refractivity contribution in [1.29, 1.82) is 0 Å². The zero-order valence-corrected chi connectivity index (χ0v) is 18.5. The number of alkyl carbamates (subject to hydrolysis) is 1. The third-order valence-electron chi connectivity index (χ3n) is 5.49. The molecule has 2 aromatic rings. The highest BCUT2D eigenvalue weighted by Gasteiger charge is 2.30. The van der Waals surface area contributed by atoms with Crippen LogP contribution in [-0.2, 0) is 14.8 Å². The number of sulfonamides is 1. The smallest absolute Gasteiger partial charge is 0.407 e. The van der Waals surface area contributed by atoms with Crippen LogP contribution in [0.25, 0.3) is 0 Å². The number of aromatic amines is 1. The molecule has 1 aliphatic heterocycles. The minimum atomic E-state index is -3.22. The van der Waals surface area contributed by atoms with Gasteiger partial charge in [0, 0.05) is 30.3 Å². The van der Waals surface area contributed by atoms with Gasteiger partial charge in [0.1, 0.15) is 11.9 Å². The number of H-pyrrole nitrogens is 1. The summed E-state index contributed by atoms with van der Waals surface area (Å²) in [6.07, 6.45) is 4.21. The Labute approximate surface area is 181 Å². The maximum absolute atomic E-state index is 12.0. The molecule has 2 fully saturated rings. The number of amides is 1. The fourth-order valence-corrected chi connectivity index (χ4v) is 5.58. The molecule has 0 radical (unpaired) electrons. The van der Waals surface area contributed by atoms with E-state index in [1.165, 1.54) is 4.31 Å². The molecule has 0 unspecified atom stereocenters. The molecule has 11 heteroatoms.